The molecule has 0 amide bonds. The highest BCUT2D eigenvalue weighted by Crippen LogP contribution is 2.31. The van der Waals surface area contributed by atoms with Crippen molar-refractivity contribution in [2.24, 2.45) is 5.92 Å². The fourth-order valence-corrected chi connectivity index (χ4v) is 2.46. The summed E-state index contributed by atoms with van der Waals surface area (Å²) in [5, 5.41) is 0. The van der Waals surface area contributed by atoms with Crippen LogP contribution in [0.25, 0.3) is 5.57 Å². The Hall–Kier alpha value is -1.96. The zero-order chi connectivity index (χ0) is 14.0. The van der Waals surface area contributed by atoms with E-state index in [1.54, 1.807) is 13.8 Å². The van der Waals surface area contributed by atoms with Crippen molar-refractivity contribution in [3.05, 3.63) is 53.1 Å². The first kappa shape index (κ1) is 13.5. The van der Waals surface area contributed by atoms with E-state index in [0.717, 1.165) is 23.1 Å². The fourth-order valence-electron chi connectivity index (χ4n) is 2.46. The molecule has 1 unspecified atom stereocenters. The molecule has 0 N–H and O–H groups in total. The number of carbonyl (C=O) groups is 2. The van der Waals surface area contributed by atoms with E-state index < -0.39 is 0 Å². The lowest BCUT2D eigenvalue weighted by Crippen LogP contribution is -2.11. The van der Waals surface area contributed by atoms with Crippen LogP contribution in [0.2, 0.25) is 0 Å². The highest BCUT2D eigenvalue weighted by molar-refractivity contribution is 5.96. The molecule has 2 heteroatoms. The van der Waals surface area contributed by atoms with Crippen molar-refractivity contribution < 1.29 is 9.59 Å². The van der Waals surface area contributed by atoms with Crippen LogP contribution < -0.4 is 0 Å². The monoisotopic (exact) mass is 254 g/mol. The standard InChI is InChI=1S/C17H18O2/c1-11-10-16(8-9-17(11)13(3)19)15-6-4-14(5-7-15)12(2)18/h4-9,11H,10H2,1-3H3. The smallest absolute Gasteiger partial charge is 0.159 e. The second-order valence-corrected chi connectivity index (χ2v) is 5.11. The Labute approximate surface area is 113 Å². The third-order valence-corrected chi connectivity index (χ3v) is 3.59. The Kier molecular flexibility index (Phi) is 3.79. The molecule has 0 bridgehead atoms. The van der Waals surface area contributed by atoms with Crippen molar-refractivity contribution in [3.63, 3.8) is 0 Å². The van der Waals surface area contributed by atoms with Gasteiger partial charge in [-0.25, -0.2) is 0 Å². The van der Waals surface area contributed by atoms with E-state index in [9.17, 15) is 9.59 Å². The fraction of sp³-hybridized carbons (Fsp3) is 0.294. The van der Waals surface area contributed by atoms with Crippen LogP contribution in [0, 0.1) is 5.92 Å². The second-order valence-electron chi connectivity index (χ2n) is 5.11. The zero-order valence-corrected chi connectivity index (χ0v) is 11.6. The van der Waals surface area contributed by atoms with Gasteiger partial charge in [-0.1, -0.05) is 43.3 Å². The van der Waals surface area contributed by atoms with Crippen LogP contribution in [0.4, 0.5) is 0 Å². The molecule has 0 fully saturated rings. The van der Waals surface area contributed by atoms with Gasteiger partial charge in [-0.3, -0.25) is 9.59 Å². The molecule has 0 radical (unpaired) electrons. The van der Waals surface area contributed by atoms with Crippen LogP contribution in [0.1, 0.15) is 43.1 Å². The zero-order valence-electron chi connectivity index (χ0n) is 11.6. The van der Waals surface area contributed by atoms with E-state index in [-0.39, 0.29) is 17.5 Å². The Bertz CT molecular complexity index is 574. The molecule has 0 aliphatic heterocycles. The van der Waals surface area contributed by atoms with Crippen LogP contribution in [0.5, 0.6) is 0 Å². The summed E-state index contributed by atoms with van der Waals surface area (Å²) in [6.07, 6.45) is 4.80. The van der Waals surface area contributed by atoms with E-state index in [0.29, 0.717) is 0 Å². The highest BCUT2D eigenvalue weighted by atomic mass is 16.1. The minimum absolute atomic E-state index is 0.0799. The molecule has 0 aromatic heterocycles. The van der Waals surface area contributed by atoms with Gasteiger partial charge in [0, 0.05) is 5.56 Å². The predicted octanol–water partition coefficient (Wildman–Crippen LogP) is 3.83. The summed E-state index contributed by atoms with van der Waals surface area (Å²) >= 11 is 0. The minimum atomic E-state index is 0.0799. The number of allylic oxidation sites excluding steroid dienone is 4. The van der Waals surface area contributed by atoms with Crippen molar-refractivity contribution in [2.75, 3.05) is 0 Å². The van der Waals surface area contributed by atoms with E-state index in [1.807, 2.05) is 36.4 Å². The molecule has 0 spiro atoms. The van der Waals surface area contributed by atoms with Gasteiger partial charge in [-0.15, -0.1) is 0 Å². The van der Waals surface area contributed by atoms with Gasteiger partial charge in [0.15, 0.2) is 11.6 Å². The van der Waals surface area contributed by atoms with Gasteiger partial charge in [-0.05, 0) is 42.9 Å². The largest absolute Gasteiger partial charge is 0.295 e. The van der Waals surface area contributed by atoms with Crippen molar-refractivity contribution in [2.45, 2.75) is 27.2 Å². The quantitative estimate of drug-likeness (QED) is 0.768. The number of hydrogen-bond acceptors (Lipinski definition) is 2. The average molecular weight is 254 g/mol. The van der Waals surface area contributed by atoms with Crippen LogP contribution in [-0.4, -0.2) is 11.6 Å². The van der Waals surface area contributed by atoms with Gasteiger partial charge in [0.05, 0.1) is 0 Å². The molecular formula is C17H18O2. The summed E-state index contributed by atoms with van der Waals surface area (Å²) in [4.78, 5) is 22.7. The Morgan fingerprint density at radius 1 is 1.00 bits per heavy atom. The number of ketones is 2. The number of rotatable bonds is 3. The Morgan fingerprint density at radius 2 is 1.63 bits per heavy atom. The minimum Gasteiger partial charge on any atom is -0.295 e. The molecule has 2 rings (SSSR count). The molecule has 0 saturated heterocycles. The summed E-state index contributed by atoms with van der Waals surface area (Å²) in [6.45, 7) is 5.26. The van der Waals surface area contributed by atoms with Gasteiger partial charge in [0.25, 0.3) is 0 Å². The maximum absolute atomic E-state index is 11.4. The Balaban J connectivity index is 2.28. The van der Waals surface area contributed by atoms with Crippen molar-refractivity contribution in [1.29, 1.82) is 0 Å². The van der Waals surface area contributed by atoms with Crippen molar-refractivity contribution in [1.82, 2.24) is 0 Å². The molecule has 1 aliphatic rings. The molecule has 98 valence electrons. The molecule has 0 saturated carbocycles. The van der Waals surface area contributed by atoms with E-state index >= 15 is 0 Å². The predicted molar refractivity (Wildman–Crippen MR) is 77.0 cm³/mol. The summed E-state index contributed by atoms with van der Waals surface area (Å²) in [5.74, 6) is 0.482. The number of carbonyl (C=O) groups excluding carboxylic acids is 2. The van der Waals surface area contributed by atoms with E-state index in [4.69, 9.17) is 0 Å². The maximum atomic E-state index is 11.4. The van der Waals surface area contributed by atoms with E-state index in [2.05, 4.69) is 6.92 Å². The highest BCUT2D eigenvalue weighted by Gasteiger charge is 2.18. The molecule has 19 heavy (non-hydrogen) atoms. The van der Waals surface area contributed by atoms with Crippen LogP contribution in [0.3, 0.4) is 0 Å². The first-order chi connectivity index (χ1) is 8.99. The molecule has 0 heterocycles. The topological polar surface area (TPSA) is 34.1 Å². The van der Waals surface area contributed by atoms with E-state index in [1.165, 1.54) is 5.57 Å². The van der Waals surface area contributed by atoms with Crippen LogP contribution >= 0.6 is 0 Å². The lowest BCUT2D eigenvalue weighted by molar-refractivity contribution is -0.114. The summed E-state index contributed by atoms with van der Waals surface area (Å²) < 4.78 is 0. The number of benzene rings is 1. The SMILES string of the molecule is CC(=O)C1=CC=C(c2ccc(C(C)=O)cc2)CC1C. The summed E-state index contributed by atoms with van der Waals surface area (Å²) in [6, 6.07) is 7.66. The van der Waals surface area contributed by atoms with Gasteiger partial charge in [0.2, 0.25) is 0 Å². The Morgan fingerprint density at radius 3 is 2.11 bits per heavy atom. The van der Waals surface area contributed by atoms with Crippen LogP contribution in [0.15, 0.2) is 42.0 Å². The van der Waals surface area contributed by atoms with Crippen molar-refractivity contribution in [3.8, 4) is 0 Å². The molecule has 2 nitrogen and oxygen atoms in total. The molecule has 1 atom stereocenters. The molecule has 1 aromatic carbocycles. The van der Waals surface area contributed by atoms with Gasteiger partial charge >= 0.3 is 0 Å². The normalized spacial score (nSPS) is 18.6. The number of hydrogen-bond donors (Lipinski definition) is 0. The average Bonchev–Trinajstić information content (AvgIpc) is 2.38. The lowest BCUT2D eigenvalue weighted by atomic mass is 9.84. The molecule has 1 aliphatic carbocycles. The molecular weight excluding hydrogens is 236 g/mol. The maximum Gasteiger partial charge on any atom is 0.159 e. The van der Waals surface area contributed by atoms with Crippen molar-refractivity contribution >= 4 is 17.1 Å². The first-order valence-electron chi connectivity index (χ1n) is 6.52. The summed E-state index contributed by atoms with van der Waals surface area (Å²) in [7, 11) is 0. The third kappa shape index (κ3) is 2.90. The number of Topliss-reactive ketones (excluding diaryl/α,β-unsaturated/α-hetero) is 2. The van der Waals surface area contributed by atoms with Gasteiger partial charge < -0.3 is 0 Å². The third-order valence-electron chi connectivity index (χ3n) is 3.59. The van der Waals surface area contributed by atoms with Gasteiger partial charge in [-0.2, -0.15) is 0 Å². The second kappa shape index (κ2) is 5.35. The first-order valence-corrected chi connectivity index (χ1v) is 6.52. The molecule has 1 aromatic rings. The lowest BCUT2D eigenvalue weighted by Gasteiger charge is -2.20. The van der Waals surface area contributed by atoms with Crippen LogP contribution in [-0.2, 0) is 4.79 Å². The van der Waals surface area contributed by atoms with Gasteiger partial charge in [0.1, 0.15) is 0 Å². The summed E-state index contributed by atoms with van der Waals surface area (Å²) in [5.41, 5.74) is 3.96.